The molecule has 0 heterocycles. The second-order valence-corrected chi connectivity index (χ2v) is 4.69. The van der Waals surface area contributed by atoms with Crippen molar-refractivity contribution in [3.05, 3.63) is 0 Å². The van der Waals surface area contributed by atoms with Crippen molar-refractivity contribution in [1.29, 1.82) is 0 Å². The van der Waals surface area contributed by atoms with Crippen molar-refractivity contribution < 1.29 is 23.9 Å². The van der Waals surface area contributed by atoms with E-state index in [0.717, 1.165) is 0 Å². The number of carbonyl (C=O) groups excluding carboxylic acids is 3. The lowest BCUT2D eigenvalue weighted by Crippen LogP contribution is -2.47. The Kier molecular flexibility index (Phi) is 9.31. The molecule has 3 atom stereocenters. The number of rotatable bonds is 9. The molecule has 0 aliphatic carbocycles. The Labute approximate surface area is 124 Å². The first-order valence-electron chi connectivity index (χ1n) is 6.71. The van der Waals surface area contributed by atoms with E-state index in [0.29, 0.717) is 6.54 Å². The fraction of sp³-hybridized carbons (Fsp3) is 0.769. The fourth-order valence-corrected chi connectivity index (χ4v) is 1.70. The van der Waals surface area contributed by atoms with Crippen molar-refractivity contribution in [2.45, 2.75) is 38.4 Å². The highest BCUT2D eigenvalue weighted by Gasteiger charge is 2.21. The lowest BCUT2D eigenvalue weighted by Gasteiger charge is -2.19. The molecule has 0 aliphatic heterocycles. The van der Waals surface area contributed by atoms with Crippen LogP contribution in [0.4, 0.5) is 0 Å². The maximum atomic E-state index is 11.7. The Bertz CT molecular complexity index is 362. The highest BCUT2D eigenvalue weighted by atomic mass is 16.5. The summed E-state index contributed by atoms with van der Waals surface area (Å²) in [5, 5.41) is 8.39. The molecule has 3 N–H and O–H groups in total. The molecule has 0 rings (SSSR count). The summed E-state index contributed by atoms with van der Waals surface area (Å²) in [6.45, 7) is 3.84. The predicted molar refractivity (Wildman–Crippen MR) is 76.6 cm³/mol. The molecule has 21 heavy (non-hydrogen) atoms. The van der Waals surface area contributed by atoms with Gasteiger partial charge < -0.3 is 25.4 Å². The zero-order valence-electron chi connectivity index (χ0n) is 13.2. The van der Waals surface area contributed by atoms with Gasteiger partial charge >= 0.3 is 11.9 Å². The Morgan fingerprint density at radius 1 is 1.05 bits per heavy atom. The number of carbonyl (C=O) groups is 3. The molecule has 0 aromatic carbocycles. The van der Waals surface area contributed by atoms with E-state index < -0.39 is 18.1 Å². The topological polar surface area (TPSA) is 106 Å². The van der Waals surface area contributed by atoms with Crippen LogP contribution in [0.1, 0.15) is 20.3 Å². The van der Waals surface area contributed by atoms with Gasteiger partial charge in [0.25, 0.3) is 0 Å². The van der Waals surface area contributed by atoms with Crippen molar-refractivity contribution in [3.8, 4) is 0 Å². The van der Waals surface area contributed by atoms with Crippen LogP contribution in [0.3, 0.4) is 0 Å². The van der Waals surface area contributed by atoms with E-state index >= 15 is 0 Å². The zero-order valence-corrected chi connectivity index (χ0v) is 13.2. The molecule has 0 aromatic rings. The third kappa shape index (κ3) is 7.62. The highest BCUT2D eigenvalue weighted by molar-refractivity contribution is 5.85. The van der Waals surface area contributed by atoms with Crippen molar-refractivity contribution in [1.82, 2.24) is 16.0 Å². The van der Waals surface area contributed by atoms with E-state index in [4.69, 9.17) is 0 Å². The average molecular weight is 303 g/mol. The number of methoxy groups -OCH3 is 2. The number of esters is 2. The Hall–Kier alpha value is -1.67. The first-order valence-corrected chi connectivity index (χ1v) is 6.71. The van der Waals surface area contributed by atoms with E-state index in [2.05, 4.69) is 25.4 Å². The van der Waals surface area contributed by atoms with Gasteiger partial charge in [-0.15, -0.1) is 0 Å². The second kappa shape index (κ2) is 10.1. The van der Waals surface area contributed by atoms with E-state index in [1.807, 2.05) is 6.92 Å². The molecule has 8 nitrogen and oxygen atoms in total. The van der Waals surface area contributed by atoms with Crippen molar-refractivity contribution in [3.63, 3.8) is 0 Å². The predicted octanol–water partition coefficient (Wildman–Crippen LogP) is -1.21. The maximum Gasteiger partial charge on any atom is 0.323 e. The lowest BCUT2D eigenvalue weighted by molar-refractivity contribution is -0.145. The van der Waals surface area contributed by atoms with Gasteiger partial charge in [-0.25, -0.2) is 0 Å². The molecule has 0 saturated heterocycles. The van der Waals surface area contributed by atoms with Gasteiger partial charge in [-0.2, -0.15) is 0 Å². The SMILES string of the molecule is CNC(CC(=O)NCC(C)NC(C)C(=O)OC)C(=O)OC. The van der Waals surface area contributed by atoms with Gasteiger partial charge in [-0.1, -0.05) is 0 Å². The second-order valence-electron chi connectivity index (χ2n) is 4.69. The first kappa shape index (κ1) is 19.3. The number of likely N-dealkylation sites (N-methyl/N-ethyl adjacent to an activating group) is 1. The summed E-state index contributed by atoms with van der Waals surface area (Å²) in [6.07, 6.45) is -0.0115. The third-order valence-corrected chi connectivity index (χ3v) is 2.92. The Balaban J connectivity index is 4.12. The minimum absolute atomic E-state index is 0.0115. The van der Waals surface area contributed by atoms with Gasteiger partial charge in [0.05, 0.1) is 20.6 Å². The van der Waals surface area contributed by atoms with Crippen LogP contribution in [0, 0.1) is 0 Å². The molecule has 8 heteroatoms. The number of nitrogens with one attached hydrogen (secondary N) is 3. The Morgan fingerprint density at radius 2 is 1.62 bits per heavy atom. The first-order chi connectivity index (χ1) is 9.85. The number of hydrogen-bond donors (Lipinski definition) is 3. The molecule has 0 aromatic heterocycles. The van der Waals surface area contributed by atoms with Crippen molar-refractivity contribution in [2.75, 3.05) is 27.8 Å². The summed E-state index contributed by atoms with van der Waals surface area (Å²) in [4.78, 5) is 34.3. The van der Waals surface area contributed by atoms with Crippen LogP contribution in [0.5, 0.6) is 0 Å². The molecular weight excluding hydrogens is 278 g/mol. The van der Waals surface area contributed by atoms with Crippen LogP contribution in [0.15, 0.2) is 0 Å². The summed E-state index contributed by atoms with van der Waals surface area (Å²) in [5.74, 6) is -1.13. The summed E-state index contributed by atoms with van der Waals surface area (Å²) in [6, 6.07) is -1.25. The average Bonchev–Trinajstić information content (AvgIpc) is 2.48. The normalized spacial score (nSPS) is 14.7. The minimum atomic E-state index is -0.674. The van der Waals surface area contributed by atoms with Crippen molar-refractivity contribution >= 4 is 17.8 Å². The standard InChI is InChI=1S/C13H25N3O5/c1-8(16-9(2)12(18)20-4)7-15-11(17)6-10(14-3)13(19)21-5/h8-10,14,16H,6-7H2,1-5H3,(H,15,17). The number of hydrogen-bond acceptors (Lipinski definition) is 7. The van der Waals surface area contributed by atoms with Crippen LogP contribution < -0.4 is 16.0 Å². The van der Waals surface area contributed by atoms with Gasteiger partial charge in [-0.3, -0.25) is 14.4 Å². The van der Waals surface area contributed by atoms with E-state index in [1.165, 1.54) is 14.2 Å². The van der Waals surface area contributed by atoms with Crippen LogP contribution in [0.2, 0.25) is 0 Å². The Morgan fingerprint density at radius 3 is 2.10 bits per heavy atom. The summed E-state index contributed by atoms with van der Waals surface area (Å²) in [5.41, 5.74) is 0. The summed E-state index contributed by atoms with van der Waals surface area (Å²) >= 11 is 0. The fourth-order valence-electron chi connectivity index (χ4n) is 1.70. The molecule has 0 spiro atoms. The van der Waals surface area contributed by atoms with Crippen molar-refractivity contribution in [2.24, 2.45) is 0 Å². The van der Waals surface area contributed by atoms with Gasteiger partial charge in [0.2, 0.25) is 5.91 Å². The molecule has 1 amide bonds. The highest BCUT2D eigenvalue weighted by Crippen LogP contribution is 1.95. The van der Waals surface area contributed by atoms with Crippen LogP contribution in [-0.2, 0) is 23.9 Å². The minimum Gasteiger partial charge on any atom is -0.468 e. The third-order valence-electron chi connectivity index (χ3n) is 2.92. The van der Waals surface area contributed by atoms with Gasteiger partial charge in [0.1, 0.15) is 12.1 Å². The molecule has 0 bridgehead atoms. The lowest BCUT2D eigenvalue weighted by atomic mass is 10.2. The van der Waals surface area contributed by atoms with Gasteiger partial charge in [-0.05, 0) is 20.9 Å². The van der Waals surface area contributed by atoms with Crippen LogP contribution in [0.25, 0.3) is 0 Å². The van der Waals surface area contributed by atoms with E-state index in [-0.39, 0.29) is 24.3 Å². The molecule has 122 valence electrons. The monoisotopic (exact) mass is 303 g/mol. The number of ether oxygens (including phenoxy) is 2. The molecule has 3 unspecified atom stereocenters. The van der Waals surface area contributed by atoms with Gasteiger partial charge in [0.15, 0.2) is 0 Å². The molecule has 0 saturated carbocycles. The quantitative estimate of drug-likeness (QED) is 0.459. The largest absolute Gasteiger partial charge is 0.468 e. The molecule has 0 aliphatic rings. The smallest absolute Gasteiger partial charge is 0.323 e. The zero-order chi connectivity index (χ0) is 16.4. The molecule has 0 fully saturated rings. The molecular formula is C13H25N3O5. The van der Waals surface area contributed by atoms with Crippen LogP contribution in [-0.4, -0.2) is 63.8 Å². The van der Waals surface area contributed by atoms with Gasteiger partial charge in [0, 0.05) is 12.6 Å². The summed E-state index contributed by atoms with van der Waals surface area (Å²) < 4.78 is 9.17. The van der Waals surface area contributed by atoms with Crippen LogP contribution >= 0.6 is 0 Å². The van der Waals surface area contributed by atoms with E-state index in [1.54, 1.807) is 14.0 Å². The summed E-state index contributed by atoms with van der Waals surface area (Å²) in [7, 11) is 4.17. The number of amides is 1. The molecule has 0 radical (unpaired) electrons. The maximum absolute atomic E-state index is 11.7. The van der Waals surface area contributed by atoms with E-state index in [9.17, 15) is 14.4 Å².